The van der Waals surface area contributed by atoms with Crippen LogP contribution in [0.5, 0.6) is 0 Å². The first-order valence-electron chi connectivity index (χ1n) is 6.64. The smallest absolute Gasteiger partial charge is 0.276 e. The van der Waals surface area contributed by atoms with Crippen LogP contribution in [0.15, 0.2) is 10.6 Å². The Balaban J connectivity index is 1.90. The van der Waals surface area contributed by atoms with Crippen LogP contribution in [0.4, 0.5) is 0 Å². The number of hydrogen-bond acceptors (Lipinski definition) is 5. The van der Waals surface area contributed by atoms with Crippen molar-refractivity contribution in [1.82, 2.24) is 15.0 Å². The first-order chi connectivity index (χ1) is 9.20. The topological polar surface area (TPSA) is 58.8 Å². The fourth-order valence-corrected chi connectivity index (χ4v) is 2.25. The van der Waals surface area contributed by atoms with Crippen LogP contribution < -0.4 is 0 Å². The minimum atomic E-state index is -0.0366. The van der Waals surface area contributed by atoms with Crippen molar-refractivity contribution in [3.8, 4) is 0 Å². The van der Waals surface area contributed by atoms with Gasteiger partial charge < -0.3 is 14.2 Å². The Morgan fingerprint density at radius 1 is 1.42 bits per heavy atom. The maximum Gasteiger partial charge on any atom is 0.276 e. The molecule has 0 aromatic carbocycles. The van der Waals surface area contributed by atoms with Crippen molar-refractivity contribution in [2.75, 3.05) is 46.4 Å². The summed E-state index contributed by atoms with van der Waals surface area (Å²) in [4.78, 5) is 16.4. The number of carbonyl (C=O) groups is 1. The molecule has 0 radical (unpaired) electrons. The zero-order valence-corrected chi connectivity index (χ0v) is 11.6. The number of rotatable bonds is 4. The number of ether oxygens (including phenoxy) is 1. The van der Waals surface area contributed by atoms with Gasteiger partial charge in [0, 0.05) is 39.4 Å². The summed E-state index contributed by atoms with van der Waals surface area (Å²) in [5, 5.41) is 3.79. The Morgan fingerprint density at radius 3 is 2.95 bits per heavy atom. The maximum atomic E-state index is 12.2. The Hall–Kier alpha value is -1.40. The van der Waals surface area contributed by atoms with E-state index < -0.39 is 0 Å². The van der Waals surface area contributed by atoms with Crippen LogP contribution in [-0.4, -0.2) is 67.3 Å². The van der Waals surface area contributed by atoms with E-state index in [-0.39, 0.29) is 5.91 Å². The van der Waals surface area contributed by atoms with Crippen LogP contribution in [0.3, 0.4) is 0 Å². The normalized spacial score (nSPS) is 17.5. The highest BCUT2D eigenvalue weighted by atomic mass is 16.5. The molecule has 0 aliphatic carbocycles. The van der Waals surface area contributed by atoms with Gasteiger partial charge in [0.05, 0.1) is 6.61 Å². The molecular weight excluding hydrogens is 246 g/mol. The molecule has 0 saturated carbocycles. The van der Waals surface area contributed by atoms with Crippen molar-refractivity contribution in [3.63, 3.8) is 0 Å². The number of nitrogens with zero attached hydrogens (tertiary/aromatic N) is 3. The molecule has 0 N–H and O–H groups in total. The standard InChI is InChI=1S/C13H21N3O3/c1-11-10-12(14-19-11)13(17)16-5-3-4-15(6-7-16)8-9-18-2/h10H,3-9H2,1-2H3. The van der Waals surface area contributed by atoms with Crippen LogP contribution in [0.2, 0.25) is 0 Å². The number of methoxy groups -OCH3 is 1. The number of aromatic nitrogens is 1. The minimum Gasteiger partial charge on any atom is -0.383 e. The van der Waals surface area contributed by atoms with E-state index in [0.29, 0.717) is 11.5 Å². The molecule has 0 spiro atoms. The van der Waals surface area contributed by atoms with Crippen LogP contribution >= 0.6 is 0 Å². The van der Waals surface area contributed by atoms with Gasteiger partial charge in [0.25, 0.3) is 5.91 Å². The summed E-state index contributed by atoms with van der Waals surface area (Å²) in [6.45, 7) is 6.83. The van der Waals surface area contributed by atoms with Crippen molar-refractivity contribution in [2.45, 2.75) is 13.3 Å². The Kier molecular flexibility index (Phi) is 4.93. The lowest BCUT2D eigenvalue weighted by Crippen LogP contribution is -2.36. The first-order valence-corrected chi connectivity index (χ1v) is 6.64. The highest BCUT2D eigenvalue weighted by molar-refractivity contribution is 5.92. The number of carbonyl (C=O) groups excluding carboxylic acids is 1. The van der Waals surface area contributed by atoms with Gasteiger partial charge in [-0.1, -0.05) is 5.16 Å². The van der Waals surface area contributed by atoms with Gasteiger partial charge in [-0.15, -0.1) is 0 Å². The molecule has 1 fully saturated rings. The highest BCUT2D eigenvalue weighted by Crippen LogP contribution is 2.09. The van der Waals surface area contributed by atoms with Gasteiger partial charge in [-0.05, 0) is 19.9 Å². The molecule has 1 aliphatic rings. The van der Waals surface area contributed by atoms with Crippen LogP contribution in [-0.2, 0) is 4.74 Å². The monoisotopic (exact) mass is 267 g/mol. The second-order valence-corrected chi connectivity index (χ2v) is 4.80. The zero-order chi connectivity index (χ0) is 13.7. The van der Waals surface area contributed by atoms with Crippen molar-refractivity contribution in [3.05, 3.63) is 17.5 Å². The van der Waals surface area contributed by atoms with Gasteiger partial charge in [0.2, 0.25) is 0 Å². The summed E-state index contributed by atoms with van der Waals surface area (Å²) < 4.78 is 10.0. The van der Waals surface area contributed by atoms with Gasteiger partial charge in [0.1, 0.15) is 5.76 Å². The predicted octanol–water partition coefficient (Wildman–Crippen LogP) is 0.777. The lowest BCUT2D eigenvalue weighted by molar-refractivity contribution is 0.0748. The van der Waals surface area contributed by atoms with Crippen LogP contribution in [0, 0.1) is 6.92 Å². The van der Waals surface area contributed by atoms with E-state index in [9.17, 15) is 4.79 Å². The average Bonchev–Trinajstić information content (AvgIpc) is 2.71. The van der Waals surface area contributed by atoms with E-state index in [2.05, 4.69) is 10.1 Å². The van der Waals surface area contributed by atoms with Gasteiger partial charge in [-0.25, -0.2) is 0 Å². The minimum absolute atomic E-state index is 0.0366. The molecule has 1 aromatic rings. The van der Waals surface area contributed by atoms with Crippen molar-refractivity contribution >= 4 is 5.91 Å². The summed E-state index contributed by atoms with van der Waals surface area (Å²) in [5.74, 6) is 0.630. The third-order valence-corrected chi connectivity index (χ3v) is 3.33. The second-order valence-electron chi connectivity index (χ2n) is 4.80. The van der Waals surface area contributed by atoms with Gasteiger partial charge in [0.15, 0.2) is 5.69 Å². The number of amides is 1. The van der Waals surface area contributed by atoms with Crippen molar-refractivity contribution < 1.29 is 14.1 Å². The van der Waals surface area contributed by atoms with Gasteiger partial charge in [-0.2, -0.15) is 0 Å². The van der Waals surface area contributed by atoms with E-state index in [4.69, 9.17) is 9.26 Å². The fourth-order valence-electron chi connectivity index (χ4n) is 2.25. The Morgan fingerprint density at radius 2 is 2.26 bits per heavy atom. The summed E-state index contributed by atoms with van der Waals surface area (Å²) in [5.41, 5.74) is 0.405. The molecule has 6 nitrogen and oxygen atoms in total. The Labute approximate surface area is 113 Å². The highest BCUT2D eigenvalue weighted by Gasteiger charge is 2.22. The SMILES string of the molecule is COCCN1CCCN(C(=O)c2cc(C)on2)CC1. The molecule has 2 rings (SSSR count). The molecular formula is C13H21N3O3. The molecule has 1 amide bonds. The fraction of sp³-hybridized carbons (Fsp3) is 0.692. The third-order valence-electron chi connectivity index (χ3n) is 3.33. The molecule has 0 unspecified atom stereocenters. The van der Waals surface area contributed by atoms with Gasteiger partial charge >= 0.3 is 0 Å². The van der Waals surface area contributed by atoms with Crippen molar-refractivity contribution in [2.24, 2.45) is 0 Å². The summed E-state index contributed by atoms with van der Waals surface area (Å²) >= 11 is 0. The van der Waals surface area contributed by atoms with Gasteiger partial charge in [-0.3, -0.25) is 9.69 Å². The molecule has 1 saturated heterocycles. The molecule has 0 bridgehead atoms. The quantitative estimate of drug-likeness (QED) is 0.806. The third kappa shape index (κ3) is 3.78. The second kappa shape index (κ2) is 6.68. The number of aryl methyl sites for hydroxylation is 1. The summed E-state index contributed by atoms with van der Waals surface area (Å²) in [6, 6.07) is 1.69. The van der Waals surface area contributed by atoms with E-state index >= 15 is 0 Å². The van der Waals surface area contributed by atoms with E-state index in [1.807, 2.05) is 4.90 Å². The van der Waals surface area contributed by atoms with E-state index in [1.165, 1.54) is 0 Å². The molecule has 1 aliphatic heterocycles. The summed E-state index contributed by atoms with van der Waals surface area (Å²) in [6.07, 6.45) is 0.978. The van der Waals surface area contributed by atoms with Crippen LogP contribution in [0.1, 0.15) is 22.7 Å². The zero-order valence-electron chi connectivity index (χ0n) is 11.6. The average molecular weight is 267 g/mol. The first kappa shape index (κ1) is 14.0. The Bertz CT molecular complexity index is 419. The molecule has 2 heterocycles. The predicted molar refractivity (Wildman–Crippen MR) is 70.1 cm³/mol. The lowest BCUT2D eigenvalue weighted by Gasteiger charge is -2.20. The molecule has 1 aromatic heterocycles. The molecule has 19 heavy (non-hydrogen) atoms. The lowest BCUT2D eigenvalue weighted by atomic mass is 10.3. The number of hydrogen-bond donors (Lipinski definition) is 0. The maximum absolute atomic E-state index is 12.2. The largest absolute Gasteiger partial charge is 0.383 e. The summed E-state index contributed by atoms with van der Waals surface area (Å²) in [7, 11) is 1.71. The van der Waals surface area contributed by atoms with Crippen molar-refractivity contribution in [1.29, 1.82) is 0 Å². The molecule has 0 atom stereocenters. The molecule has 106 valence electrons. The van der Waals surface area contributed by atoms with E-state index in [0.717, 1.165) is 45.8 Å². The van der Waals surface area contributed by atoms with E-state index in [1.54, 1.807) is 20.1 Å². The van der Waals surface area contributed by atoms with Crippen LogP contribution in [0.25, 0.3) is 0 Å². The molecule has 6 heteroatoms.